The molecule has 0 bridgehead atoms. The summed E-state index contributed by atoms with van der Waals surface area (Å²) in [6.07, 6.45) is 0. The third kappa shape index (κ3) is 4.22. The van der Waals surface area contributed by atoms with Crippen LogP contribution in [0, 0.1) is 0 Å². The molecular weight excluding hydrogens is 294 g/mol. The molecule has 23 heavy (non-hydrogen) atoms. The fraction of sp³-hybridized carbons (Fsp3) is 0.529. The Kier molecular flexibility index (Phi) is 5.26. The number of rotatable bonds is 6. The fourth-order valence-electron chi connectivity index (χ4n) is 2.28. The Morgan fingerprint density at radius 2 is 1.87 bits per heavy atom. The molecule has 0 aliphatic rings. The lowest BCUT2D eigenvalue weighted by Crippen LogP contribution is -2.18. The first-order valence-electron chi connectivity index (χ1n) is 7.56. The summed E-state index contributed by atoms with van der Waals surface area (Å²) in [4.78, 5) is 6.56. The Labute approximate surface area is 137 Å². The fourth-order valence-corrected chi connectivity index (χ4v) is 2.28. The molecule has 0 saturated heterocycles. The van der Waals surface area contributed by atoms with E-state index in [1.165, 1.54) is 0 Å². The summed E-state index contributed by atoms with van der Waals surface area (Å²) < 4.78 is 16.1. The Hall–Kier alpha value is -2.08. The minimum atomic E-state index is -0.115. The van der Waals surface area contributed by atoms with Crippen molar-refractivity contribution in [2.75, 3.05) is 21.3 Å². The van der Waals surface area contributed by atoms with Gasteiger partial charge in [-0.25, -0.2) is 0 Å². The van der Waals surface area contributed by atoms with Gasteiger partial charge in [0.2, 0.25) is 5.89 Å². The molecule has 0 aliphatic heterocycles. The molecule has 0 spiro atoms. The first-order chi connectivity index (χ1) is 10.8. The van der Waals surface area contributed by atoms with E-state index in [1.54, 1.807) is 14.2 Å². The van der Waals surface area contributed by atoms with Crippen LogP contribution in [0.15, 0.2) is 22.7 Å². The standard InChI is InChI=1S/C17H25N3O3/c1-17(2,3)16-18-14(23-19-16)11-20(4)10-12-8-7-9-13(21-5)15(12)22-6/h7-9H,10-11H2,1-6H3. The second-order valence-corrected chi connectivity index (χ2v) is 6.59. The van der Waals surface area contributed by atoms with E-state index in [0.29, 0.717) is 19.0 Å². The lowest BCUT2D eigenvalue weighted by Gasteiger charge is -2.18. The van der Waals surface area contributed by atoms with Gasteiger partial charge in [-0.15, -0.1) is 0 Å². The van der Waals surface area contributed by atoms with Gasteiger partial charge in [-0.3, -0.25) is 4.90 Å². The number of para-hydroxylation sites is 1. The summed E-state index contributed by atoms with van der Waals surface area (Å²) in [5.74, 6) is 2.81. The maximum absolute atomic E-state index is 5.46. The summed E-state index contributed by atoms with van der Waals surface area (Å²) >= 11 is 0. The van der Waals surface area contributed by atoms with Gasteiger partial charge < -0.3 is 14.0 Å². The van der Waals surface area contributed by atoms with Crippen LogP contribution >= 0.6 is 0 Å². The van der Waals surface area contributed by atoms with E-state index in [9.17, 15) is 0 Å². The average molecular weight is 319 g/mol. The van der Waals surface area contributed by atoms with Gasteiger partial charge in [0, 0.05) is 17.5 Å². The number of hydrogen-bond donors (Lipinski definition) is 0. The topological polar surface area (TPSA) is 60.6 Å². The van der Waals surface area contributed by atoms with Gasteiger partial charge in [-0.05, 0) is 13.1 Å². The number of methoxy groups -OCH3 is 2. The predicted octanol–water partition coefficient (Wildman–Crippen LogP) is 3.02. The maximum atomic E-state index is 5.46. The first-order valence-corrected chi connectivity index (χ1v) is 7.56. The van der Waals surface area contributed by atoms with Crippen molar-refractivity contribution < 1.29 is 14.0 Å². The molecule has 0 saturated carbocycles. The van der Waals surface area contributed by atoms with Crippen molar-refractivity contribution in [3.8, 4) is 11.5 Å². The molecule has 0 radical (unpaired) electrons. The van der Waals surface area contributed by atoms with E-state index < -0.39 is 0 Å². The van der Waals surface area contributed by atoms with Crippen molar-refractivity contribution in [2.24, 2.45) is 0 Å². The second-order valence-electron chi connectivity index (χ2n) is 6.59. The average Bonchev–Trinajstić information content (AvgIpc) is 2.95. The third-order valence-corrected chi connectivity index (χ3v) is 3.47. The molecule has 2 aromatic rings. The van der Waals surface area contributed by atoms with Crippen LogP contribution in [0.25, 0.3) is 0 Å². The molecule has 0 aliphatic carbocycles. The highest BCUT2D eigenvalue weighted by molar-refractivity contribution is 5.46. The number of hydrogen-bond acceptors (Lipinski definition) is 6. The summed E-state index contributed by atoms with van der Waals surface area (Å²) in [6.45, 7) is 7.45. The van der Waals surface area contributed by atoms with E-state index in [0.717, 1.165) is 22.9 Å². The van der Waals surface area contributed by atoms with Crippen molar-refractivity contribution in [1.82, 2.24) is 15.0 Å². The SMILES string of the molecule is COc1cccc(CN(C)Cc2nc(C(C)(C)C)no2)c1OC. The number of ether oxygens (including phenoxy) is 2. The highest BCUT2D eigenvalue weighted by atomic mass is 16.5. The van der Waals surface area contributed by atoms with Gasteiger partial charge in [-0.1, -0.05) is 38.1 Å². The van der Waals surface area contributed by atoms with Crippen molar-refractivity contribution in [2.45, 2.75) is 39.3 Å². The van der Waals surface area contributed by atoms with Crippen LogP contribution in [0.4, 0.5) is 0 Å². The van der Waals surface area contributed by atoms with Crippen LogP contribution in [-0.4, -0.2) is 36.3 Å². The molecule has 2 rings (SSSR count). The monoisotopic (exact) mass is 319 g/mol. The smallest absolute Gasteiger partial charge is 0.240 e. The van der Waals surface area contributed by atoms with Gasteiger partial charge in [0.05, 0.1) is 20.8 Å². The van der Waals surface area contributed by atoms with E-state index in [4.69, 9.17) is 14.0 Å². The van der Waals surface area contributed by atoms with Crippen LogP contribution in [0.3, 0.4) is 0 Å². The van der Waals surface area contributed by atoms with E-state index in [2.05, 4.69) is 35.8 Å². The summed E-state index contributed by atoms with van der Waals surface area (Å²) in [6, 6.07) is 5.86. The second kappa shape index (κ2) is 7.00. The van der Waals surface area contributed by atoms with Crippen molar-refractivity contribution in [3.05, 3.63) is 35.5 Å². The summed E-state index contributed by atoms with van der Waals surface area (Å²) in [7, 11) is 5.28. The molecule has 0 unspecified atom stereocenters. The molecule has 126 valence electrons. The Morgan fingerprint density at radius 3 is 2.43 bits per heavy atom. The minimum absolute atomic E-state index is 0.115. The number of nitrogens with zero attached hydrogens (tertiary/aromatic N) is 3. The minimum Gasteiger partial charge on any atom is -0.493 e. The molecule has 1 heterocycles. The number of benzene rings is 1. The third-order valence-electron chi connectivity index (χ3n) is 3.47. The largest absolute Gasteiger partial charge is 0.493 e. The van der Waals surface area contributed by atoms with Crippen LogP contribution in [-0.2, 0) is 18.5 Å². The van der Waals surface area contributed by atoms with Crippen molar-refractivity contribution in [3.63, 3.8) is 0 Å². The van der Waals surface area contributed by atoms with E-state index >= 15 is 0 Å². The quantitative estimate of drug-likeness (QED) is 0.815. The molecule has 0 N–H and O–H groups in total. The maximum Gasteiger partial charge on any atom is 0.240 e. The molecule has 0 fully saturated rings. The van der Waals surface area contributed by atoms with Gasteiger partial charge in [0.15, 0.2) is 17.3 Å². The lowest BCUT2D eigenvalue weighted by molar-refractivity contribution is 0.255. The lowest BCUT2D eigenvalue weighted by atomic mass is 9.96. The Bertz CT molecular complexity index is 647. The normalized spacial score (nSPS) is 11.8. The molecule has 6 heteroatoms. The van der Waals surface area contributed by atoms with Gasteiger partial charge in [0.1, 0.15) is 0 Å². The zero-order valence-corrected chi connectivity index (χ0v) is 14.7. The first kappa shape index (κ1) is 17.3. The molecule has 0 atom stereocenters. The van der Waals surface area contributed by atoms with Crippen molar-refractivity contribution in [1.29, 1.82) is 0 Å². The molecule has 0 amide bonds. The summed E-state index contributed by atoms with van der Waals surface area (Å²) in [5.41, 5.74) is 0.931. The molecule has 1 aromatic heterocycles. The highest BCUT2D eigenvalue weighted by Gasteiger charge is 2.21. The molecular formula is C17H25N3O3. The van der Waals surface area contributed by atoms with Gasteiger partial charge in [0.25, 0.3) is 0 Å². The zero-order chi connectivity index (χ0) is 17.0. The van der Waals surface area contributed by atoms with Crippen LogP contribution < -0.4 is 9.47 Å². The Morgan fingerprint density at radius 1 is 1.13 bits per heavy atom. The Balaban J connectivity index is 2.08. The van der Waals surface area contributed by atoms with Gasteiger partial charge >= 0.3 is 0 Å². The van der Waals surface area contributed by atoms with E-state index in [1.807, 2.05) is 25.2 Å². The van der Waals surface area contributed by atoms with Crippen molar-refractivity contribution >= 4 is 0 Å². The highest BCUT2D eigenvalue weighted by Crippen LogP contribution is 2.31. The van der Waals surface area contributed by atoms with Crippen LogP contribution in [0.5, 0.6) is 11.5 Å². The van der Waals surface area contributed by atoms with Crippen LogP contribution in [0.1, 0.15) is 38.0 Å². The predicted molar refractivity (Wildman–Crippen MR) is 87.7 cm³/mol. The molecule has 1 aromatic carbocycles. The number of aromatic nitrogens is 2. The van der Waals surface area contributed by atoms with E-state index in [-0.39, 0.29) is 5.41 Å². The molecule has 6 nitrogen and oxygen atoms in total. The summed E-state index contributed by atoms with van der Waals surface area (Å²) in [5, 5.41) is 4.05. The van der Waals surface area contributed by atoms with Gasteiger partial charge in [-0.2, -0.15) is 4.98 Å². The van der Waals surface area contributed by atoms with Crippen LogP contribution in [0.2, 0.25) is 0 Å². The zero-order valence-electron chi connectivity index (χ0n) is 14.7.